The molecule has 0 bridgehead atoms. The molecular weight excluding hydrogens is 419 g/mol. The number of hydrogen-bond acceptors (Lipinski definition) is 2. The van der Waals surface area contributed by atoms with E-state index in [0.29, 0.717) is 10.0 Å². The summed E-state index contributed by atoms with van der Waals surface area (Å²) in [6.45, 7) is 11.8. The van der Waals surface area contributed by atoms with Crippen molar-refractivity contribution in [2.75, 3.05) is 0 Å². The molecule has 0 aliphatic carbocycles. The van der Waals surface area contributed by atoms with Crippen LogP contribution in [0.15, 0.2) is 36.4 Å². The van der Waals surface area contributed by atoms with Gasteiger partial charge in [0.25, 0.3) is 0 Å². The zero-order chi connectivity index (χ0) is 22.6. The van der Waals surface area contributed by atoms with Crippen LogP contribution in [0, 0.1) is 13.8 Å². The van der Waals surface area contributed by atoms with E-state index in [4.69, 9.17) is 23.2 Å². The first-order valence-electron chi connectivity index (χ1n) is 9.99. The number of aryl methyl sites for hydroxylation is 2. The normalized spacial score (nSPS) is 12.4. The number of rotatable bonds is 6. The van der Waals surface area contributed by atoms with E-state index in [0.717, 1.165) is 16.7 Å². The van der Waals surface area contributed by atoms with Gasteiger partial charge in [0.2, 0.25) is 11.8 Å². The van der Waals surface area contributed by atoms with Crippen molar-refractivity contribution in [2.45, 2.75) is 66.1 Å². The Morgan fingerprint density at radius 2 is 1.60 bits per heavy atom. The van der Waals surface area contributed by atoms with Gasteiger partial charge in [-0.25, -0.2) is 0 Å². The minimum absolute atomic E-state index is 0.124. The maximum atomic E-state index is 13.3. The van der Waals surface area contributed by atoms with E-state index in [2.05, 4.69) is 5.32 Å². The summed E-state index contributed by atoms with van der Waals surface area (Å²) in [6.07, 6.45) is 0.218. The molecule has 0 heterocycles. The summed E-state index contributed by atoms with van der Waals surface area (Å²) < 4.78 is 0. The quantitative estimate of drug-likeness (QED) is 0.635. The van der Waals surface area contributed by atoms with Crippen molar-refractivity contribution in [2.24, 2.45) is 0 Å². The molecule has 0 saturated heterocycles. The summed E-state index contributed by atoms with van der Waals surface area (Å²) in [5.74, 6) is -0.322. The SMILES string of the molecule is Cc1ccc(CC(=O)N(Cc2ccc(Cl)c(Cl)c2)[C@@H](C)C(=O)NC(C)(C)C)cc1C. The minimum Gasteiger partial charge on any atom is -0.350 e. The van der Waals surface area contributed by atoms with Crippen LogP contribution in [0.5, 0.6) is 0 Å². The van der Waals surface area contributed by atoms with Gasteiger partial charge in [0.05, 0.1) is 16.5 Å². The number of benzene rings is 2. The third kappa shape index (κ3) is 6.75. The van der Waals surface area contributed by atoms with E-state index < -0.39 is 11.6 Å². The summed E-state index contributed by atoms with van der Waals surface area (Å²) >= 11 is 12.2. The smallest absolute Gasteiger partial charge is 0.242 e. The molecule has 2 amide bonds. The molecule has 2 rings (SSSR count). The van der Waals surface area contributed by atoms with Gasteiger partial charge >= 0.3 is 0 Å². The van der Waals surface area contributed by atoms with Crippen LogP contribution in [-0.2, 0) is 22.6 Å². The fourth-order valence-electron chi connectivity index (χ4n) is 3.08. The Kier molecular flexibility index (Phi) is 7.95. The van der Waals surface area contributed by atoms with Gasteiger partial charge in [-0.2, -0.15) is 0 Å². The molecule has 1 atom stereocenters. The standard InChI is InChI=1S/C24H30Cl2N2O2/c1-15-7-8-18(11-16(15)2)13-22(29)28(17(3)23(30)27-24(4,5)6)14-19-9-10-20(25)21(26)12-19/h7-12,17H,13-14H2,1-6H3,(H,27,30)/t17-/m0/s1. The second kappa shape index (κ2) is 9.84. The van der Waals surface area contributed by atoms with Gasteiger partial charge in [0, 0.05) is 12.1 Å². The lowest BCUT2D eigenvalue weighted by molar-refractivity contribution is -0.140. The average Bonchev–Trinajstić information content (AvgIpc) is 2.63. The van der Waals surface area contributed by atoms with Crippen molar-refractivity contribution in [1.29, 1.82) is 0 Å². The number of nitrogens with zero attached hydrogens (tertiary/aromatic N) is 1. The molecule has 0 aliphatic heterocycles. The predicted molar refractivity (Wildman–Crippen MR) is 124 cm³/mol. The molecule has 0 spiro atoms. The largest absolute Gasteiger partial charge is 0.350 e. The van der Waals surface area contributed by atoms with E-state index in [1.54, 1.807) is 24.0 Å². The number of halogens is 2. The highest BCUT2D eigenvalue weighted by Crippen LogP contribution is 2.24. The highest BCUT2D eigenvalue weighted by Gasteiger charge is 2.28. The van der Waals surface area contributed by atoms with Crippen molar-refractivity contribution >= 4 is 35.0 Å². The number of hydrogen-bond donors (Lipinski definition) is 1. The van der Waals surface area contributed by atoms with Gasteiger partial charge < -0.3 is 10.2 Å². The number of nitrogens with one attached hydrogen (secondary N) is 1. The Morgan fingerprint density at radius 1 is 0.967 bits per heavy atom. The van der Waals surface area contributed by atoms with Crippen molar-refractivity contribution in [3.8, 4) is 0 Å². The molecule has 0 aromatic heterocycles. The second-order valence-electron chi connectivity index (χ2n) is 8.78. The fraction of sp³-hybridized carbons (Fsp3) is 0.417. The monoisotopic (exact) mass is 448 g/mol. The maximum Gasteiger partial charge on any atom is 0.242 e. The van der Waals surface area contributed by atoms with Gasteiger partial charge in [0.1, 0.15) is 6.04 Å². The highest BCUT2D eigenvalue weighted by atomic mass is 35.5. The topological polar surface area (TPSA) is 49.4 Å². The molecule has 2 aromatic rings. The van der Waals surface area contributed by atoms with Crippen LogP contribution in [0.3, 0.4) is 0 Å². The molecular formula is C24H30Cl2N2O2. The van der Waals surface area contributed by atoms with Crippen LogP contribution in [0.1, 0.15) is 49.9 Å². The first kappa shape index (κ1) is 24.2. The van der Waals surface area contributed by atoms with Crippen molar-refractivity contribution < 1.29 is 9.59 Å². The number of carbonyl (C=O) groups is 2. The van der Waals surface area contributed by atoms with Crippen LogP contribution in [0.4, 0.5) is 0 Å². The molecule has 1 N–H and O–H groups in total. The van der Waals surface area contributed by atoms with Crippen molar-refractivity contribution in [1.82, 2.24) is 10.2 Å². The van der Waals surface area contributed by atoms with Gasteiger partial charge in [-0.1, -0.05) is 47.5 Å². The maximum absolute atomic E-state index is 13.3. The van der Waals surface area contributed by atoms with Crippen LogP contribution in [-0.4, -0.2) is 28.3 Å². The van der Waals surface area contributed by atoms with E-state index in [9.17, 15) is 9.59 Å². The first-order chi connectivity index (χ1) is 13.9. The molecule has 0 radical (unpaired) electrons. The van der Waals surface area contributed by atoms with Crippen LogP contribution >= 0.6 is 23.2 Å². The van der Waals surface area contributed by atoms with Crippen molar-refractivity contribution in [3.63, 3.8) is 0 Å². The third-order valence-electron chi connectivity index (χ3n) is 4.93. The summed E-state index contributed by atoms with van der Waals surface area (Å²) in [5, 5.41) is 3.83. The second-order valence-corrected chi connectivity index (χ2v) is 9.60. The molecule has 0 aliphatic rings. The lowest BCUT2D eigenvalue weighted by Crippen LogP contribution is -2.52. The molecule has 4 nitrogen and oxygen atoms in total. The highest BCUT2D eigenvalue weighted by molar-refractivity contribution is 6.42. The first-order valence-corrected chi connectivity index (χ1v) is 10.7. The zero-order valence-corrected chi connectivity index (χ0v) is 20.0. The molecule has 162 valence electrons. The predicted octanol–water partition coefficient (Wildman–Crippen LogP) is 5.48. The molecule has 0 fully saturated rings. The van der Waals surface area contributed by atoms with E-state index in [1.165, 1.54) is 5.56 Å². The lowest BCUT2D eigenvalue weighted by Gasteiger charge is -2.31. The minimum atomic E-state index is -0.641. The Hall–Kier alpha value is -2.04. The molecule has 6 heteroatoms. The zero-order valence-electron chi connectivity index (χ0n) is 18.5. The van der Waals surface area contributed by atoms with Crippen LogP contribution in [0.25, 0.3) is 0 Å². The van der Waals surface area contributed by atoms with Gasteiger partial charge in [-0.05, 0) is 75.9 Å². The van der Waals surface area contributed by atoms with E-state index in [1.807, 2.05) is 58.9 Å². The third-order valence-corrected chi connectivity index (χ3v) is 5.67. The lowest BCUT2D eigenvalue weighted by atomic mass is 10.0. The summed E-state index contributed by atoms with van der Waals surface area (Å²) in [4.78, 5) is 27.7. The summed E-state index contributed by atoms with van der Waals surface area (Å²) in [7, 11) is 0. The Bertz CT molecular complexity index is 935. The van der Waals surface area contributed by atoms with Crippen molar-refractivity contribution in [3.05, 3.63) is 68.7 Å². The van der Waals surface area contributed by atoms with Gasteiger partial charge in [-0.15, -0.1) is 0 Å². The van der Waals surface area contributed by atoms with Gasteiger partial charge in [-0.3, -0.25) is 9.59 Å². The Balaban J connectivity index is 2.30. The number of carbonyl (C=O) groups excluding carboxylic acids is 2. The Labute approximate surface area is 189 Å². The molecule has 0 unspecified atom stereocenters. The van der Waals surface area contributed by atoms with Crippen LogP contribution < -0.4 is 5.32 Å². The van der Waals surface area contributed by atoms with Gasteiger partial charge in [0.15, 0.2) is 0 Å². The van der Waals surface area contributed by atoms with Crippen LogP contribution in [0.2, 0.25) is 10.0 Å². The Morgan fingerprint density at radius 3 is 2.17 bits per heavy atom. The fourth-order valence-corrected chi connectivity index (χ4v) is 3.40. The molecule has 0 saturated carbocycles. The molecule has 30 heavy (non-hydrogen) atoms. The number of amides is 2. The van der Waals surface area contributed by atoms with E-state index in [-0.39, 0.29) is 24.8 Å². The summed E-state index contributed by atoms with van der Waals surface area (Å²) in [5.41, 5.74) is 3.66. The summed E-state index contributed by atoms with van der Waals surface area (Å²) in [6, 6.07) is 10.6. The average molecular weight is 449 g/mol. The van der Waals surface area contributed by atoms with E-state index >= 15 is 0 Å². The molecule has 2 aromatic carbocycles.